The molecule has 0 aliphatic heterocycles. The minimum Gasteiger partial charge on any atom is -0.399 e. The number of aromatic nitrogens is 1. The number of hydrogen-bond acceptors (Lipinski definition) is 3. The predicted molar refractivity (Wildman–Crippen MR) is 67.0 cm³/mol. The monoisotopic (exact) mass is 219 g/mol. The van der Waals surface area contributed by atoms with Crippen molar-refractivity contribution in [1.29, 1.82) is 0 Å². The van der Waals surface area contributed by atoms with Crippen LogP contribution >= 0.6 is 0 Å². The van der Waals surface area contributed by atoms with Crippen LogP contribution in [0.1, 0.15) is 38.3 Å². The molecule has 0 radical (unpaired) electrons. The van der Waals surface area contributed by atoms with Crippen molar-refractivity contribution in [3.8, 4) is 0 Å². The molecule has 1 heterocycles. The van der Waals surface area contributed by atoms with E-state index >= 15 is 0 Å². The average molecular weight is 219 g/mol. The van der Waals surface area contributed by atoms with Crippen molar-refractivity contribution >= 4 is 5.69 Å². The number of unbranched alkanes of at least 4 members (excludes halogenated alkanes) is 1. The first-order valence-corrected chi connectivity index (χ1v) is 6.24. The van der Waals surface area contributed by atoms with Gasteiger partial charge < -0.3 is 5.73 Å². The minimum atomic E-state index is 0.801. The van der Waals surface area contributed by atoms with E-state index in [4.69, 9.17) is 5.73 Å². The molecule has 3 heteroatoms. The first-order chi connectivity index (χ1) is 7.79. The number of anilines is 1. The average Bonchev–Trinajstić information content (AvgIpc) is 3.08. The van der Waals surface area contributed by atoms with Gasteiger partial charge in [0.1, 0.15) is 0 Å². The molecule has 1 saturated carbocycles. The van der Waals surface area contributed by atoms with E-state index in [0.29, 0.717) is 0 Å². The molecule has 16 heavy (non-hydrogen) atoms. The Morgan fingerprint density at radius 2 is 2.31 bits per heavy atom. The molecule has 2 rings (SSSR count). The lowest BCUT2D eigenvalue weighted by Crippen LogP contribution is -2.27. The summed E-state index contributed by atoms with van der Waals surface area (Å²) >= 11 is 0. The van der Waals surface area contributed by atoms with Gasteiger partial charge in [0.15, 0.2) is 0 Å². The van der Waals surface area contributed by atoms with Crippen LogP contribution in [0.5, 0.6) is 0 Å². The van der Waals surface area contributed by atoms with Crippen molar-refractivity contribution in [2.45, 2.75) is 45.2 Å². The highest BCUT2D eigenvalue weighted by Crippen LogP contribution is 2.28. The zero-order chi connectivity index (χ0) is 11.4. The van der Waals surface area contributed by atoms with Crippen LogP contribution in [0, 0.1) is 0 Å². The van der Waals surface area contributed by atoms with Crippen LogP contribution in [-0.4, -0.2) is 22.5 Å². The third kappa shape index (κ3) is 3.20. The van der Waals surface area contributed by atoms with Crippen molar-refractivity contribution < 1.29 is 0 Å². The van der Waals surface area contributed by atoms with Crippen molar-refractivity contribution in [3.63, 3.8) is 0 Å². The Kier molecular flexibility index (Phi) is 3.78. The second-order valence-electron chi connectivity index (χ2n) is 4.64. The summed E-state index contributed by atoms with van der Waals surface area (Å²) < 4.78 is 0. The third-order valence-corrected chi connectivity index (χ3v) is 3.07. The summed E-state index contributed by atoms with van der Waals surface area (Å²) in [6, 6.07) is 4.63. The zero-order valence-electron chi connectivity index (χ0n) is 10.0. The summed E-state index contributed by atoms with van der Waals surface area (Å²) in [5, 5.41) is 0. The van der Waals surface area contributed by atoms with Crippen molar-refractivity contribution in [1.82, 2.24) is 9.88 Å². The quantitative estimate of drug-likeness (QED) is 0.799. The van der Waals surface area contributed by atoms with Crippen LogP contribution < -0.4 is 5.73 Å². The van der Waals surface area contributed by atoms with Crippen LogP contribution in [0.2, 0.25) is 0 Å². The SMILES string of the molecule is CCCCN(Cc1cc(N)ccn1)C1CC1. The first kappa shape index (κ1) is 11.4. The van der Waals surface area contributed by atoms with Gasteiger partial charge in [0, 0.05) is 24.5 Å². The standard InChI is InChI=1S/C13H21N3/c1-2-3-8-16(13-4-5-13)10-12-9-11(14)6-7-15-12/h6-7,9,13H,2-5,8,10H2,1H3,(H2,14,15). The largest absolute Gasteiger partial charge is 0.399 e. The fourth-order valence-corrected chi connectivity index (χ4v) is 1.98. The molecule has 88 valence electrons. The number of rotatable bonds is 6. The first-order valence-electron chi connectivity index (χ1n) is 6.24. The topological polar surface area (TPSA) is 42.1 Å². The molecule has 0 amide bonds. The van der Waals surface area contributed by atoms with Gasteiger partial charge in [-0.1, -0.05) is 13.3 Å². The second kappa shape index (κ2) is 5.30. The molecule has 0 aromatic carbocycles. The number of hydrogen-bond donors (Lipinski definition) is 1. The van der Waals surface area contributed by atoms with E-state index in [1.165, 1.54) is 32.2 Å². The lowest BCUT2D eigenvalue weighted by Gasteiger charge is -2.21. The van der Waals surface area contributed by atoms with E-state index in [2.05, 4.69) is 16.8 Å². The molecule has 0 saturated heterocycles. The van der Waals surface area contributed by atoms with Gasteiger partial charge in [0.05, 0.1) is 5.69 Å². The molecule has 0 bridgehead atoms. The lowest BCUT2D eigenvalue weighted by atomic mass is 10.2. The third-order valence-electron chi connectivity index (χ3n) is 3.07. The Hall–Kier alpha value is -1.09. The molecular formula is C13H21N3. The highest BCUT2D eigenvalue weighted by molar-refractivity contribution is 5.37. The van der Waals surface area contributed by atoms with E-state index in [9.17, 15) is 0 Å². The fraction of sp³-hybridized carbons (Fsp3) is 0.615. The van der Waals surface area contributed by atoms with E-state index < -0.39 is 0 Å². The summed E-state index contributed by atoms with van der Waals surface area (Å²) in [5.41, 5.74) is 7.68. The lowest BCUT2D eigenvalue weighted by molar-refractivity contribution is 0.248. The Balaban J connectivity index is 1.94. The van der Waals surface area contributed by atoms with Gasteiger partial charge in [0.2, 0.25) is 0 Å². The molecule has 3 nitrogen and oxygen atoms in total. The van der Waals surface area contributed by atoms with Crippen molar-refractivity contribution in [2.24, 2.45) is 0 Å². The highest BCUT2D eigenvalue weighted by atomic mass is 15.2. The van der Waals surface area contributed by atoms with Gasteiger partial charge in [0.25, 0.3) is 0 Å². The summed E-state index contributed by atoms with van der Waals surface area (Å²) in [7, 11) is 0. The second-order valence-corrected chi connectivity index (χ2v) is 4.64. The van der Waals surface area contributed by atoms with Gasteiger partial charge in [-0.15, -0.1) is 0 Å². The zero-order valence-corrected chi connectivity index (χ0v) is 10.0. The van der Waals surface area contributed by atoms with Gasteiger partial charge in [-0.2, -0.15) is 0 Å². The maximum absolute atomic E-state index is 5.77. The van der Waals surface area contributed by atoms with E-state index in [1.54, 1.807) is 6.20 Å². The molecule has 0 spiro atoms. The maximum Gasteiger partial charge on any atom is 0.0564 e. The van der Waals surface area contributed by atoms with Crippen LogP contribution in [0.25, 0.3) is 0 Å². The van der Waals surface area contributed by atoms with Crippen LogP contribution in [0.4, 0.5) is 5.69 Å². The summed E-state index contributed by atoms with van der Waals surface area (Å²) in [6.07, 6.45) is 7.04. The van der Waals surface area contributed by atoms with E-state index in [1.807, 2.05) is 12.1 Å². The van der Waals surface area contributed by atoms with Gasteiger partial charge in [-0.3, -0.25) is 9.88 Å². The molecule has 1 fully saturated rings. The Morgan fingerprint density at radius 3 is 2.94 bits per heavy atom. The molecule has 0 atom stereocenters. The highest BCUT2D eigenvalue weighted by Gasteiger charge is 2.28. The Bertz CT molecular complexity index is 334. The van der Waals surface area contributed by atoms with Gasteiger partial charge in [-0.25, -0.2) is 0 Å². The summed E-state index contributed by atoms with van der Waals surface area (Å²) in [5.74, 6) is 0. The summed E-state index contributed by atoms with van der Waals surface area (Å²) in [6.45, 7) is 4.39. The number of nitrogens with zero attached hydrogens (tertiary/aromatic N) is 2. The van der Waals surface area contributed by atoms with Crippen molar-refractivity contribution in [2.75, 3.05) is 12.3 Å². The smallest absolute Gasteiger partial charge is 0.0564 e. The van der Waals surface area contributed by atoms with Gasteiger partial charge in [-0.05, 0) is 37.9 Å². The minimum absolute atomic E-state index is 0.801. The number of nitrogen functional groups attached to an aromatic ring is 1. The Morgan fingerprint density at radius 1 is 1.50 bits per heavy atom. The summed E-state index contributed by atoms with van der Waals surface area (Å²) in [4.78, 5) is 6.92. The molecule has 0 unspecified atom stereocenters. The van der Waals surface area contributed by atoms with Crippen LogP contribution in [0.3, 0.4) is 0 Å². The number of pyridine rings is 1. The molecular weight excluding hydrogens is 198 g/mol. The molecule has 1 aromatic rings. The fourth-order valence-electron chi connectivity index (χ4n) is 1.98. The molecule has 1 aliphatic rings. The van der Waals surface area contributed by atoms with E-state index in [-0.39, 0.29) is 0 Å². The van der Waals surface area contributed by atoms with Gasteiger partial charge >= 0.3 is 0 Å². The number of nitrogens with two attached hydrogens (primary N) is 1. The maximum atomic E-state index is 5.77. The Labute approximate surface area is 97.7 Å². The van der Waals surface area contributed by atoms with Crippen LogP contribution in [0.15, 0.2) is 18.3 Å². The molecule has 1 aliphatic carbocycles. The molecule has 2 N–H and O–H groups in total. The van der Waals surface area contributed by atoms with Crippen molar-refractivity contribution in [3.05, 3.63) is 24.0 Å². The molecule has 1 aromatic heterocycles. The normalized spacial score (nSPS) is 15.6. The predicted octanol–water partition coefficient (Wildman–Crippen LogP) is 2.43. The van der Waals surface area contributed by atoms with E-state index in [0.717, 1.165) is 24.0 Å². The van der Waals surface area contributed by atoms with Crippen LogP contribution in [-0.2, 0) is 6.54 Å².